The SMILES string of the molecule is Cc1ccc(-c2nc(NC(=O)c3ccc(F)cc3F)sc2C)cc1. The number of aryl methyl sites for hydroxylation is 2. The molecule has 3 aromatic rings. The molecule has 1 aromatic heterocycles. The minimum absolute atomic E-state index is 0.221. The fourth-order valence-electron chi connectivity index (χ4n) is 2.27. The molecule has 0 bridgehead atoms. The summed E-state index contributed by atoms with van der Waals surface area (Å²) in [6.07, 6.45) is 0. The van der Waals surface area contributed by atoms with Crippen molar-refractivity contribution in [2.75, 3.05) is 5.32 Å². The molecule has 0 spiro atoms. The molecule has 6 heteroatoms. The van der Waals surface area contributed by atoms with E-state index in [0.717, 1.165) is 33.8 Å². The second kappa shape index (κ2) is 6.49. The molecule has 0 atom stereocenters. The summed E-state index contributed by atoms with van der Waals surface area (Å²) in [5.74, 6) is -2.29. The van der Waals surface area contributed by atoms with Crippen molar-refractivity contribution < 1.29 is 13.6 Å². The zero-order chi connectivity index (χ0) is 17.3. The van der Waals surface area contributed by atoms with Crippen molar-refractivity contribution in [3.8, 4) is 11.3 Å². The number of anilines is 1. The van der Waals surface area contributed by atoms with Gasteiger partial charge in [-0.05, 0) is 26.0 Å². The topological polar surface area (TPSA) is 42.0 Å². The normalized spacial score (nSPS) is 10.7. The molecule has 2 aromatic carbocycles. The fourth-order valence-corrected chi connectivity index (χ4v) is 3.10. The molecule has 0 aliphatic carbocycles. The van der Waals surface area contributed by atoms with Crippen molar-refractivity contribution in [1.29, 1.82) is 0 Å². The van der Waals surface area contributed by atoms with Gasteiger partial charge in [0.05, 0.1) is 11.3 Å². The molecule has 0 aliphatic heterocycles. The summed E-state index contributed by atoms with van der Waals surface area (Å²) in [6.45, 7) is 3.90. The number of thiazole rings is 1. The Bertz CT molecular complexity index is 904. The Kier molecular flexibility index (Phi) is 4.40. The van der Waals surface area contributed by atoms with Crippen molar-refractivity contribution >= 4 is 22.4 Å². The second-order valence-corrected chi connectivity index (χ2v) is 6.57. The molecular formula is C18H14F2N2OS. The molecule has 3 rings (SSSR count). The molecule has 0 saturated heterocycles. The van der Waals surface area contributed by atoms with Crippen LogP contribution in [-0.2, 0) is 0 Å². The lowest BCUT2D eigenvalue weighted by Gasteiger charge is -2.03. The highest BCUT2D eigenvalue weighted by Gasteiger charge is 2.16. The van der Waals surface area contributed by atoms with Crippen LogP contribution in [0.3, 0.4) is 0 Å². The third kappa shape index (κ3) is 3.33. The van der Waals surface area contributed by atoms with Gasteiger partial charge in [-0.25, -0.2) is 13.8 Å². The maximum atomic E-state index is 13.7. The molecule has 3 nitrogen and oxygen atoms in total. The van der Waals surface area contributed by atoms with Gasteiger partial charge in [0.15, 0.2) is 5.13 Å². The minimum Gasteiger partial charge on any atom is -0.298 e. The van der Waals surface area contributed by atoms with Crippen LogP contribution >= 0.6 is 11.3 Å². The minimum atomic E-state index is -0.903. The average molecular weight is 344 g/mol. The van der Waals surface area contributed by atoms with E-state index in [9.17, 15) is 13.6 Å². The Morgan fingerprint density at radius 2 is 1.79 bits per heavy atom. The number of rotatable bonds is 3. The summed E-state index contributed by atoms with van der Waals surface area (Å²) in [5, 5.41) is 2.94. The van der Waals surface area contributed by atoms with Crippen molar-refractivity contribution in [1.82, 2.24) is 4.98 Å². The Balaban J connectivity index is 1.85. The van der Waals surface area contributed by atoms with E-state index in [-0.39, 0.29) is 5.56 Å². The van der Waals surface area contributed by atoms with E-state index in [4.69, 9.17) is 0 Å². The van der Waals surface area contributed by atoms with E-state index >= 15 is 0 Å². The van der Waals surface area contributed by atoms with E-state index in [1.54, 1.807) is 0 Å². The first kappa shape index (κ1) is 16.3. The lowest BCUT2D eigenvalue weighted by Crippen LogP contribution is -2.13. The third-order valence-corrected chi connectivity index (χ3v) is 4.40. The molecule has 1 amide bonds. The summed E-state index contributed by atoms with van der Waals surface area (Å²) in [4.78, 5) is 17.5. The number of nitrogens with zero attached hydrogens (tertiary/aromatic N) is 1. The van der Waals surface area contributed by atoms with Gasteiger partial charge in [-0.15, -0.1) is 11.3 Å². The van der Waals surface area contributed by atoms with Crippen LogP contribution in [-0.4, -0.2) is 10.9 Å². The van der Waals surface area contributed by atoms with Crippen molar-refractivity contribution in [2.24, 2.45) is 0 Å². The third-order valence-electron chi connectivity index (χ3n) is 3.52. The van der Waals surface area contributed by atoms with E-state index < -0.39 is 17.5 Å². The fraction of sp³-hybridized carbons (Fsp3) is 0.111. The first-order chi connectivity index (χ1) is 11.4. The smallest absolute Gasteiger partial charge is 0.260 e. The van der Waals surface area contributed by atoms with Crippen molar-refractivity contribution in [2.45, 2.75) is 13.8 Å². The highest BCUT2D eigenvalue weighted by molar-refractivity contribution is 7.16. The van der Waals surface area contributed by atoms with Gasteiger partial charge in [0.1, 0.15) is 11.6 Å². The number of aromatic nitrogens is 1. The molecule has 0 unspecified atom stereocenters. The number of nitrogens with one attached hydrogen (secondary N) is 1. The monoisotopic (exact) mass is 344 g/mol. The Morgan fingerprint density at radius 3 is 2.46 bits per heavy atom. The molecule has 0 aliphatic rings. The van der Waals surface area contributed by atoms with Crippen molar-refractivity contribution in [3.05, 3.63) is 70.1 Å². The molecule has 0 saturated carbocycles. The molecule has 0 radical (unpaired) electrons. The second-order valence-electron chi connectivity index (χ2n) is 5.37. The van der Waals surface area contributed by atoms with Crippen LogP contribution in [0.1, 0.15) is 20.8 Å². The van der Waals surface area contributed by atoms with Gasteiger partial charge in [0.2, 0.25) is 0 Å². The number of carbonyl (C=O) groups excluding carboxylic acids is 1. The Labute approximate surface area is 142 Å². The van der Waals surface area contributed by atoms with Gasteiger partial charge in [-0.3, -0.25) is 10.1 Å². The summed E-state index contributed by atoms with van der Waals surface area (Å²) in [5.41, 5.74) is 2.64. The predicted molar refractivity (Wildman–Crippen MR) is 91.3 cm³/mol. The zero-order valence-corrected chi connectivity index (χ0v) is 13.9. The molecule has 24 heavy (non-hydrogen) atoms. The molecule has 0 fully saturated rings. The van der Waals surface area contributed by atoms with Crippen LogP contribution in [0.4, 0.5) is 13.9 Å². The summed E-state index contributed by atoms with van der Waals surface area (Å²) >= 11 is 1.31. The van der Waals surface area contributed by atoms with Gasteiger partial charge in [-0.2, -0.15) is 0 Å². The van der Waals surface area contributed by atoms with E-state index in [1.807, 2.05) is 38.1 Å². The maximum absolute atomic E-state index is 13.7. The van der Waals surface area contributed by atoms with Crippen LogP contribution in [0.2, 0.25) is 0 Å². The quantitative estimate of drug-likeness (QED) is 0.730. The molecule has 1 N–H and O–H groups in total. The van der Waals surface area contributed by atoms with Crippen LogP contribution in [0.5, 0.6) is 0 Å². The molecule has 1 heterocycles. The number of hydrogen-bond acceptors (Lipinski definition) is 3. The lowest BCUT2D eigenvalue weighted by atomic mass is 10.1. The summed E-state index contributed by atoms with van der Waals surface area (Å²) in [7, 11) is 0. The predicted octanol–water partition coefficient (Wildman–Crippen LogP) is 4.96. The average Bonchev–Trinajstić information content (AvgIpc) is 2.88. The number of benzene rings is 2. The summed E-state index contributed by atoms with van der Waals surface area (Å²) in [6, 6.07) is 10.7. The standard InChI is InChI=1S/C18H14F2N2OS/c1-10-3-5-12(6-4-10)16-11(2)24-18(21-16)22-17(23)14-8-7-13(19)9-15(14)20/h3-9H,1-2H3,(H,21,22,23). The van der Waals surface area contributed by atoms with Gasteiger partial charge in [0, 0.05) is 16.5 Å². The van der Waals surface area contributed by atoms with Gasteiger partial charge >= 0.3 is 0 Å². The van der Waals surface area contributed by atoms with Crippen LogP contribution < -0.4 is 5.32 Å². The molecule has 122 valence electrons. The van der Waals surface area contributed by atoms with Crippen LogP contribution in [0.15, 0.2) is 42.5 Å². The highest BCUT2D eigenvalue weighted by atomic mass is 32.1. The number of amides is 1. The van der Waals surface area contributed by atoms with Gasteiger partial charge in [-0.1, -0.05) is 29.8 Å². The van der Waals surface area contributed by atoms with Crippen LogP contribution in [0.25, 0.3) is 11.3 Å². The number of carbonyl (C=O) groups is 1. The van der Waals surface area contributed by atoms with Gasteiger partial charge < -0.3 is 0 Å². The van der Waals surface area contributed by atoms with Crippen LogP contribution in [0, 0.1) is 25.5 Å². The number of halogens is 2. The maximum Gasteiger partial charge on any atom is 0.260 e. The lowest BCUT2D eigenvalue weighted by molar-refractivity contribution is 0.102. The zero-order valence-electron chi connectivity index (χ0n) is 13.1. The Morgan fingerprint density at radius 1 is 1.08 bits per heavy atom. The van der Waals surface area contributed by atoms with E-state index in [1.165, 1.54) is 11.3 Å². The van der Waals surface area contributed by atoms with Gasteiger partial charge in [0.25, 0.3) is 5.91 Å². The largest absolute Gasteiger partial charge is 0.298 e. The van der Waals surface area contributed by atoms with Crippen molar-refractivity contribution in [3.63, 3.8) is 0 Å². The first-order valence-corrected chi connectivity index (χ1v) is 8.06. The van der Waals surface area contributed by atoms with E-state index in [2.05, 4.69) is 10.3 Å². The molecular weight excluding hydrogens is 330 g/mol. The summed E-state index contributed by atoms with van der Waals surface area (Å²) < 4.78 is 26.6. The Hall–Kier alpha value is -2.60. The van der Waals surface area contributed by atoms with E-state index in [0.29, 0.717) is 11.2 Å². The first-order valence-electron chi connectivity index (χ1n) is 7.25. The number of hydrogen-bond donors (Lipinski definition) is 1. The highest BCUT2D eigenvalue weighted by Crippen LogP contribution is 2.30.